The van der Waals surface area contributed by atoms with Crippen LogP contribution in [0.2, 0.25) is 0 Å². The maximum atomic E-state index is 13.4. The Morgan fingerprint density at radius 2 is 1.09 bits per heavy atom. The number of phenolic OH excluding ortho intramolecular Hbond substituents is 2. The Bertz CT molecular complexity index is 1360. The van der Waals surface area contributed by atoms with Gasteiger partial charge in [-0.1, -0.05) is 128 Å². The van der Waals surface area contributed by atoms with E-state index in [0.717, 1.165) is 44.9 Å². The molecule has 0 heterocycles. The van der Waals surface area contributed by atoms with Gasteiger partial charge in [-0.05, 0) is 55.5 Å². The van der Waals surface area contributed by atoms with Crippen molar-refractivity contribution in [3.05, 3.63) is 47.5 Å². The maximum Gasteiger partial charge on any atom is 0.323 e. The van der Waals surface area contributed by atoms with E-state index in [1.807, 2.05) is 0 Å². The number of para-hydroxylation sites is 1. The van der Waals surface area contributed by atoms with Gasteiger partial charge in [0.2, 0.25) is 0 Å². The summed E-state index contributed by atoms with van der Waals surface area (Å²) in [4.78, 5) is 49.5. The van der Waals surface area contributed by atoms with Crippen molar-refractivity contribution in [1.29, 1.82) is 0 Å². The summed E-state index contributed by atoms with van der Waals surface area (Å²) >= 11 is 0. The van der Waals surface area contributed by atoms with E-state index in [-0.39, 0.29) is 22.8 Å². The number of aryl methyl sites for hydroxylation is 1. The van der Waals surface area contributed by atoms with E-state index < -0.39 is 36.7 Å². The van der Waals surface area contributed by atoms with Crippen LogP contribution in [-0.2, 0) is 20.8 Å². The van der Waals surface area contributed by atoms with E-state index in [9.17, 15) is 39.6 Å². The number of carboxylic acid groups (broad SMARTS) is 2. The Morgan fingerprint density at radius 3 is 1.62 bits per heavy atom. The van der Waals surface area contributed by atoms with Crippen LogP contribution in [0, 0.1) is 0 Å². The molecule has 4 N–H and O–H groups in total. The van der Waals surface area contributed by atoms with E-state index in [2.05, 4.69) is 6.92 Å². The topological polar surface area (TPSA) is 171 Å². The highest BCUT2D eigenvalue weighted by atomic mass is 16.5. The minimum absolute atomic E-state index is 0.0915. The number of hydrogen-bond acceptors (Lipinski definition) is 8. The number of carbonyl (C=O) groups is 4. The number of rotatable bonds is 32. The van der Waals surface area contributed by atoms with Gasteiger partial charge in [0.05, 0.1) is 18.8 Å². The standard InChI is InChI=1S/C42H63NO10/c1-2-3-4-5-6-7-8-9-10-11-12-13-14-15-17-21-29-53-37-27-26-34(30-35(37)41(50)42(51)43(31-38(45)46)32-39(47)48)52-28-20-18-16-19-23-33-24-22-25-36(44)40(33)49/h22,24-27,30,44,49H,2-21,23,28-29,31-32H2,1H3,(H,45,46)(H,47,48). The molecular formula is C42H63NO10. The number of ether oxygens (including phenoxy) is 2. The van der Waals surface area contributed by atoms with Gasteiger partial charge in [0, 0.05) is 0 Å². The van der Waals surface area contributed by atoms with Gasteiger partial charge in [-0.15, -0.1) is 0 Å². The lowest BCUT2D eigenvalue weighted by Crippen LogP contribution is -2.43. The number of carbonyl (C=O) groups excluding carboxylic acids is 2. The van der Waals surface area contributed by atoms with Crippen molar-refractivity contribution < 1.29 is 49.1 Å². The van der Waals surface area contributed by atoms with Crippen LogP contribution in [0.25, 0.3) is 0 Å². The van der Waals surface area contributed by atoms with Crippen molar-refractivity contribution in [3.63, 3.8) is 0 Å². The lowest BCUT2D eigenvalue weighted by molar-refractivity contribution is -0.147. The average Bonchev–Trinajstić information content (AvgIpc) is 3.13. The lowest BCUT2D eigenvalue weighted by atomic mass is 10.0. The SMILES string of the molecule is CCCCCCCCCCCCCCCCCCOc1ccc(OCCCCCCc2cccc(O)c2O)cc1C(=O)C(=O)N(CC(=O)O)CC(=O)O. The zero-order chi connectivity index (χ0) is 38.7. The normalized spacial score (nSPS) is 11.0. The maximum absolute atomic E-state index is 13.4. The van der Waals surface area contributed by atoms with Crippen molar-refractivity contribution in [2.24, 2.45) is 0 Å². The largest absolute Gasteiger partial charge is 0.504 e. The fraction of sp³-hybridized carbons (Fsp3) is 0.619. The van der Waals surface area contributed by atoms with Crippen molar-refractivity contribution in [2.75, 3.05) is 26.3 Å². The lowest BCUT2D eigenvalue weighted by Gasteiger charge is -2.19. The van der Waals surface area contributed by atoms with Crippen LogP contribution in [0.1, 0.15) is 151 Å². The highest BCUT2D eigenvalue weighted by Gasteiger charge is 2.29. The second-order valence-electron chi connectivity index (χ2n) is 13.9. The van der Waals surface area contributed by atoms with Gasteiger partial charge in [0.1, 0.15) is 24.6 Å². The Morgan fingerprint density at radius 1 is 0.604 bits per heavy atom. The molecule has 0 atom stereocenters. The van der Waals surface area contributed by atoms with E-state index in [0.29, 0.717) is 42.3 Å². The van der Waals surface area contributed by atoms with Crippen molar-refractivity contribution in [3.8, 4) is 23.0 Å². The molecule has 0 saturated heterocycles. The zero-order valence-electron chi connectivity index (χ0n) is 31.8. The minimum Gasteiger partial charge on any atom is -0.504 e. The predicted octanol–water partition coefficient (Wildman–Crippen LogP) is 9.10. The van der Waals surface area contributed by atoms with E-state index >= 15 is 0 Å². The van der Waals surface area contributed by atoms with E-state index in [4.69, 9.17) is 9.47 Å². The molecule has 296 valence electrons. The van der Waals surface area contributed by atoms with Crippen LogP contribution in [0.3, 0.4) is 0 Å². The summed E-state index contributed by atoms with van der Waals surface area (Å²) in [6.45, 7) is 1.03. The number of aliphatic carboxylic acids is 2. The predicted molar refractivity (Wildman–Crippen MR) is 205 cm³/mol. The van der Waals surface area contributed by atoms with E-state index in [1.54, 1.807) is 24.3 Å². The first-order valence-electron chi connectivity index (χ1n) is 19.8. The number of Topliss-reactive ketones (excluding diaryl/α,β-unsaturated/α-hetero) is 1. The van der Waals surface area contributed by atoms with Gasteiger partial charge in [0.25, 0.3) is 11.7 Å². The first-order valence-corrected chi connectivity index (χ1v) is 19.8. The molecule has 0 unspecified atom stereocenters. The number of unbranched alkanes of at least 4 members (excludes halogenated alkanes) is 18. The van der Waals surface area contributed by atoms with Crippen molar-refractivity contribution in [1.82, 2.24) is 4.90 Å². The van der Waals surface area contributed by atoms with Crippen molar-refractivity contribution in [2.45, 2.75) is 142 Å². The number of benzene rings is 2. The van der Waals surface area contributed by atoms with Crippen LogP contribution in [0.5, 0.6) is 23.0 Å². The number of aromatic hydroxyl groups is 2. The number of ketones is 1. The Hall–Kier alpha value is -4.28. The summed E-state index contributed by atoms with van der Waals surface area (Å²) in [5.74, 6) is -4.96. The molecular weight excluding hydrogens is 678 g/mol. The van der Waals surface area contributed by atoms with Gasteiger partial charge in [-0.2, -0.15) is 0 Å². The minimum atomic E-state index is -1.44. The highest BCUT2D eigenvalue weighted by molar-refractivity contribution is 6.43. The molecule has 2 aromatic rings. The first kappa shape index (κ1) is 44.9. The molecule has 0 radical (unpaired) electrons. The highest BCUT2D eigenvalue weighted by Crippen LogP contribution is 2.30. The quantitative estimate of drug-likeness (QED) is 0.0245. The summed E-state index contributed by atoms with van der Waals surface area (Å²) in [5, 5.41) is 38.0. The smallest absolute Gasteiger partial charge is 0.323 e. The average molecular weight is 742 g/mol. The molecule has 11 heteroatoms. The van der Waals surface area contributed by atoms with Gasteiger partial charge in [-0.25, -0.2) is 0 Å². The Kier molecular flexibility index (Phi) is 23.2. The molecule has 0 bridgehead atoms. The summed E-state index contributed by atoms with van der Waals surface area (Å²) in [5.41, 5.74) is 0.575. The number of nitrogens with zero attached hydrogens (tertiary/aromatic N) is 1. The zero-order valence-corrected chi connectivity index (χ0v) is 31.8. The summed E-state index contributed by atoms with van der Waals surface area (Å²) in [6, 6.07) is 9.47. The summed E-state index contributed by atoms with van der Waals surface area (Å²) < 4.78 is 11.8. The number of amides is 1. The van der Waals surface area contributed by atoms with Crippen LogP contribution in [0.4, 0.5) is 0 Å². The third-order valence-electron chi connectivity index (χ3n) is 9.29. The fourth-order valence-electron chi connectivity index (χ4n) is 6.26. The first-order chi connectivity index (χ1) is 25.6. The van der Waals surface area contributed by atoms with Crippen LogP contribution >= 0.6 is 0 Å². The molecule has 0 spiro atoms. The molecule has 0 aliphatic carbocycles. The summed E-state index contributed by atoms with van der Waals surface area (Å²) in [7, 11) is 0. The molecule has 1 amide bonds. The Labute approximate surface area is 315 Å². The second kappa shape index (κ2) is 27.3. The van der Waals surface area contributed by atoms with Crippen LogP contribution in [0.15, 0.2) is 36.4 Å². The van der Waals surface area contributed by atoms with E-state index in [1.165, 1.54) is 89.2 Å². The second-order valence-corrected chi connectivity index (χ2v) is 13.9. The number of hydrogen-bond donors (Lipinski definition) is 4. The molecule has 0 saturated carbocycles. The molecule has 2 rings (SSSR count). The van der Waals surface area contributed by atoms with Gasteiger partial charge in [0.15, 0.2) is 11.5 Å². The van der Waals surface area contributed by atoms with Gasteiger partial charge in [-0.3, -0.25) is 19.2 Å². The molecule has 0 aromatic heterocycles. The molecule has 0 aliphatic rings. The Balaban J connectivity index is 1.82. The van der Waals surface area contributed by atoms with Gasteiger partial charge < -0.3 is 34.8 Å². The number of phenols is 2. The third kappa shape index (κ3) is 19.4. The molecule has 53 heavy (non-hydrogen) atoms. The molecule has 0 fully saturated rings. The summed E-state index contributed by atoms with van der Waals surface area (Å²) in [6.07, 6.45) is 23.7. The van der Waals surface area contributed by atoms with Crippen LogP contribution in [-0.4, -0.2) is 75.3 Å². The molecule has 11 nitrogen and oxygen atoms in total. The van der Waals surface area contributed by atoms with Crippen LogP contribution < -0.4 is 9.47 Å². The molecule has 0 aliphatic heterocycles. The molecule has 2 aromatic carbocycles. The third-order valence-corrected chi connectivity index (χ3v) is 9.29. The fourth-order valence-corrected chi connectivity index (χ4v) is 6.26. The van der Waals surface area contributed by atoms with Gasteiger partial charge >= 0.3 is 11.9 Å². The monoisotopic (exact) mass is 741 g/mol. The number of carboxylic acids is 2. The van der Waals surface area contributed by atoms with Crippen molar-refractivity contribution >= 4 is 23.6 Å².